The van der Waals surface area contributed by atoms with Gasteiger partial charge in [-0.15, -0.1) is 0 Å². The molecule has 0 unspecified atom stereocenters. The number of hydrogen-bond acceptors (Lipinski definition) is 2. The number of hydrogen-bond donors (Lipinski definition) is 0. The van der Waals surface area contributed by atoms with Crippen molar-refractivity contribution < 1.29 is 0 Å². The lowest BCUT2D eigenvalue weighted by atomic mass is 10.0. The first-order valence-electron chi connectivity index (χ1n) is 13.0. The van der Waals surface area contributed by atoms with Gasteiger partial charge in [-0.1, -0.05) is 110 Å². The van der Waals surface area contributed by atoms with Gasteiger partial charge in [-0.2, -0.15) is 0 Å². The highest BCUT2D eigenvalue weighted by Crippen LogP contribution is 2.34. The van der Waals surface area contributed by atoms with Crippen molar-refractivity contribution in [2.45, 2.75) is 0 Å². The normalized spacial score (nSPS) is 11.2. The molecule has 7 aromatic rings. The molecule has 0 radical (unpaired) electrons. The molecule has 0 aliphatic rings. The summed E-state index contributed by atoms with van der Waals surface area (Å²) in [6.45, 7) is 4.09. The predicted molar refractivity (Wildman–Crippen MR) is 163 cm³/mol. The van der Waals surface area contributed by atoms with Gasteiger partial charge in [-0.3, -0.25) is 0 Å². The third-order valence-electron chi connectivity index (χ3n) is 7.14. The molecule has 0 bridgehead atoms. The van der Waals surface area contributed by atoms with Crippen molar-refractivity contribution in [3.8, 4) is 39.6 Å². The molecule has 0 atom stereocenters. The van der Waals surface area contributed by atoms with Gasteiger partial charge >= 0.3 is 0 Å². The van der Waals surface area contributed by atoms with Gasteiger partial charge < -0.3 is 4.57 Å². The molecule has 0 aliphatic heterocycles. The van der Waals surface area contributed by atoms with Crippen LogP contribution in [0.25, 0.3) is 67.5 Å². The van der Waals surface area contributed by atoms with Crippen LogP contribution in [0.15, 0.2) is 140 Å². The minimum atomic E-state index is 0.681. The predicted octanol–water partition coefficient (Wildman–Crippen LogP) is 9.22. The van der Waals surface area contributed by atoms with E-state index in [1.807, 2.05) is 42.5 Å². The number of para-hydroxylation sites is 2. The Morgan fingerprint density at radius 2 is 1.03 bits per heavy atom. The lowest BCUT2D eigenvalue weighted by Crippen LogP contribution is -1.99. The van der Waals surface area contributed by atoms with Gasteiger partial charge in [0.25, 0.3) is 0 Å². The fraction of sp³-hybridized carbons (Fsp3) is 0. The molecule has 0 saturated carbocycles. The summed E-state index contributed by atoms with van der Waals surface area (Å²) in [6.07, 6.45) is 1.89. The lowest BCUT2D eigenvalue weighted by molar-refractivity contribution is 1.16. The summed E-state index contributed by atoms with van der Waals surface area (Å²) in [6, 6.07) is 46.2. The van der Waals surface area contributed by atoms with Gasteiger partial charge in [0.2, 0.25) is 0 Å². The van der Waals surface area contributed by atoms with Crippen LogP contribution in [0.5, 0.6) is 0 Å². The van der Waals surface area contributed by atoms with E-state index in [4.69, 9.17) is 9.97 Å². The molecule has 39 heavy (non-hydrogen) atoms. The van der Waals surface area contributed by atoms with E-state index < -0.39 is 0 Å². The van der Waals surface area contributed by atoms with E-state index in [9.17, 15) is 0 Å². The Kier molecular flexibility index (Phi) is 5.60. The molecule has 3 heteroatoms. The highest BCUT2D eigenvalue weighted by molar-refractivity contribution is 6.09. The Balaban J connectivity index is 1.48. The second-order valence-electron chi connectivity index (χ2n) is 9.58. The molecule has 2 heterocycles. The summed E-state index contributed by atoms with van der Waals surface area (Å²) in [5.41, 5.74) is 9.23. The Labute approximate surface area is 227 Å². The molecule has 3 nitrogen and oxygen atoms in total. The van der Waals surface area contributed by atoms with Crippen LogP contribution in [0, 0.1) is 0 Å². The van der Waals surface area contributed by atoms with Gasteiger partial charge in [0, 0.05) is 33.2 Å². The average molecular weight is 500 g/mol. The van der Waals surface area contributed by atoms with Crippen molar-refractivity contribution >= 4 is 27.9 Å². The van der Waals surface area contributed by atoms with Crippen molar-refractivity contribution in [2.24, 2.45) is 0 Å². The van der Waals surface area contributed by atoms with Gasteiger partial charge in [0.1, 0.15) is 0 Å². The Hall–Kier alpha value is -5.28. The molecular formula is C36H25N3. The maximum Gasteiger partial charge on any atom is 0.160 e. The monoisotopic (exact) mass is 499 g/mol. The van der Waals surface area contributed by atoms with Crippen LogP contribution in [0.3, 0.4) is 0 Å². The van der Waals surface area contributed by atoms with E-state index >= 15 is 0 Å². The first-order chi connectivity index (χ1) is 19.3. The zero-order valence-corrected chi connectivity index (χ0v) is 21.3. The fourth-order valence-electron chi connectivity index (χ4n) is 5.30. The number of rotatable bonds is 5. The van der Waals surface area contributed by atoms with E-state index in [2.05, 4.69) is 108 Å². The number of benzene rings is 5. The molecule has 184 valence electrons. The van der Waals surface area contributed by atoms with E-state index in [-0.39, 0.29) is 0 Å². The summed E-state index contributed by atoms with van der Waals surface area (Å²) in [7, 11) is 0. The second kappa shape index (κ2) is 9.55. The standard InChI is InChI=1S/C36H25N3/c1-2-25-21-28(23-29(22-25)39-34-19-11-9-17-30(34)31-18-10-12-20-35(31)39)36-37-32(26-13-5-3-6-14-26)24-33(38-36)27-15-7-4-8-16-27/h2-24H,1H2. The smallest absolute Gasteiger partial charge is 0.160 e. The number of aromatic nitrogens is 3. The molecule has 0 N–H and O–H groups in total. The lowest BCUT2D eigenvalue weighted by Gasteiger charge is -2.13. The largest absolute Gasteiger partial charge is 0.309 e. The SMILES string of the molecule is C=Cc1cc(-c2nc(-c3ccccc3)cc(-c3ccccc3)n2)cc(-n2c3ccccc3c3ccccc32)c1. The van der Waals surface area contributed by atoms with Gasteiger partial charge in [0.15, 0.2) is 5.82 Å². The fourth-order valence-corrected chi connectivity index (χ4v) is 5.30. The van der Waals surface area contributed by atoms with Gasteiger partial charge in [-0.25, -0.2) is 9.97 Å². The van der Waals surface area contributed by atoms with E-state index in [1.54, 1.807) is 0 Å². The maximum atomic E-state index is 5.07. The highest BCUT2D eigenvalue weighted by Gasteiger charge is 2.15. The molecule has 0 fully saturated rings. The summed E-state index contributed by atoms with van der Waals surface area (Å²) < 4.78 is 2.32. The molecule has 0 saturated heterocycles. The number of fused-ring (bicyclic) bond motifs is 3. The summed E-state index contributed by atoms with van der Waals surface area (Å²) in [4.78, 5) is 10.1. The van der Waals surface area contributed by atoms with E-state index in [0.29, 0.717) is 5.82 Å². The Bertz CT molecular complexity index is 1860. The van der Waals surface area contributed by atoms with Crippen LogP contribution in [0.2, 0.25) is 0 Å². The molecular weight excluding hydrogens is 474 g/mol. The van der Waals surface area contributed by atoms with Crippen molar-refractivity contribution in [2.75, 3.05) is 0 Å². The minimum absolute atomic E-state index is 0.681. The topological polar surface area (TPSA) is 30.7 Å². The minimum Gasteiger partial charge on any atom is -0.309 e. The van der Waals surface area contributed by atoms with Crippen molar-refractivity contribution in [1.82, 2.24) is 14.5 Å². The highest BCUT2D eigenvalue weighted by atomic mass is 15.0. The molecule has 7 rings (SSSR count). The second-order valence-corrected chi connectivity index (χ2v) is 9.58. The van der Waals surface area contributed by atoms with Crippen LogP contribution in [0.4, 0.5) is 0 Å². The summed E-state index contributed by atoms with van der Waals surface area (Å²) >= 11 is 0. The maximum absolute atomic E-state index is 5.07. The quantitative estimate of drug-likeness (QED) is 0.236. The van der Waals surface area contributed by atoms with Crippen LogP contribution in [0.1, 0.15) is 5.56 Å². The Morgan fingerprint density at radius 3 is 1.56 bits per heavy atom. The third-order valence-corrected chi connectivity index (χ3v) is 7.14. The molecule has 2 aromatic heterocycles. The molecule has 0 spiro atoms. The van der Waals surface area contributed by atoms with Gasteiger partial charge in [-0.05, 0) is 42.0 Å². The zero-order chi connectivity index (χ0) is 26.2. The first-order valence-corrected chi connectivity index (χ1v) is 13.0. The Morgan fingerprint density at radius 1 is 0.513 bits per heavy atom. The average Bonchev–Trinajstić information content (AvgIpc) is 3.36. The van der Waals surface area contributed by atoms with Crippen LogP contribution in [-0.2, 0) is 0 Å². The first kappa shape index (κ1) is 22.9. The summed E-state index contributed by atoms with van der Waals surface area (Å²) in [5.74, 6) is 0.681. The van der Waals surface area contributed by atoms with Crippen molar-refractivity contribution in [3.63, 3.8) is 0 Å². The summed E-state index contributed by atoms with van der Waals surface area (Å²) in [5, 5.41) is 2.46. The van der Waals surface area contributed by atoms with E-state index in [0.717, 1.165) is 50.4 Å². The third kappa shape index (κ3) is 4.11. The zero-order valence-electron chi connectivity index (χ0n) is 21.3. The van der Waals surface area contributed by atoms with Crippen molar-refractivity contribution in [3.05, 3.63) is 146 Å². The van der Waals surface area contributed by atoms with Crippen LogP contribution >= 0.6 is 0 Å². The van der Waals surface area contributed by atoms with Crippen LogP contribution in [-0.4, -0.2) is 14.5 Å². The molecule has 0 amide bonds. The van der Waals surface area contributed by atoms with Gasteiger partial charge in [0.05, 0.1) is 22.4 Å². The molecule has 0 aliphatic carbocycles. The number of nitrogens with zero attached hydrogens (tertiary/aromatic N) is 3. The van der Waals surface area contributed by atoms with E-state index in [1.165, 1.54) is 10.8 Å². The van der Waals surface area contributed by atoms with Crippen molar-refractivity contribution in [1.29, 1.82) is 0 Å². The molecule has 5 aromatic carbocycles. The van der Waals surface area contributed by atoms with Crippen LogP contribution < -0.4 is 0 Å².